The summed E-state index contributed by atoms with van der Waals surface area (Å²) in [5.74, 6) is 0.863. The maximum absolute atomic E-state index is 12.5. The first kappa shape index (κ1) is 13.1. The topological polar surface area (TPSA) is 42.4 Å². The van der Waals surface area contributed by atoms with E-state index in [0.29, 0.717) is 18.3 Å². The second kappa shape index (κ2) is 5.63. The third kappa shape index (κ3) is 2.82. The molecule has 1 heterocycles. The Morgan fingerprint density at radius 2 is 2.15 bits per heavy atom. The molecule has 0 N–H and O–H groups in total. The van der Waals surface area contributed by atoms with E-state index in [0.717, 1.165) is 24.2 Å². The van der Waals surface area contributed by atoms with E-state index in [2.05, 4.69) is 4.98 Å². The number of aromatic nitrogens is 1. The zero-order valence-corrected chi connectivity index (χ0v) is 12.1. The van der Waals surface area contributed by atoms with Crippen molar-refractivity contribution in [2.24, 2.45) is 0 Å². The van der Waals surface area contributed by atoms with Crippen LogP contribution in [0.4, 0.5) is 0 Å². The van der Waals surface area contributed by atoms with Crippen molar-refractivity contribution >= 4 is 17.2 Å². The van der Waals surface area contributed by atoms with Crippen LogP contribution in [0.15, 0.2) is 35.2 Å². The van der Waals surface area contributed by atoms with Crippen LogP contribution < -0.4 is 4.74 Å². The molecule has 0 aliphatic heterocycles. The highest BCUT2D eigenvalue weighted by Gasteiger charge is 2.33. The average molecular weight is 288 g/mol. The first-order valence-corrected chi connectivity index (χ1v) is 7.54. The fourth-order valence-corrected chi connectivity index (χ4v) is 2.67. The minimum atomic E-state index is 0.0320. The molecular formula is C15H16N2O2S. The molecule has 1 saturated carbocycles. The lowest BCUT2D eigenvalue weighted by molar-refractivity contribution is 0.0725. The van der Waals surface area contributed by atoms with Crippen molar-refractivity contribution in [3.05, 3.63) is 46.4 Å². The second-order valence-corrected chi connectivity index (χ2v) is 5.60. The third-order valence-corrected chi connectivity index (χ3v) is 4.00. The molecule has 3 rings (SSSR count). The van der Waals surface area contributed by atoms with Crippen LogP contribution >= 0.6 is 11.3 Å². The fraction of sp³-hybridized carbons (Fsp3) is 0.333. The molecule has 0 bridgehead atoms. The molecule has 20 heavy (non-hydrogen) atoms. The molecule has 5 heteroatoms. The summed E-state index contributed by atoms with van der Waals surface area (Å²) in [5.41, 5.74) is 3.36. The quantitative estimate of drug-likeness (QED) is 0.849. The van der Waals surface area contributed by atoms with Crippen LogP contribution in [0.3, 0.4) is 0 Å². The van der Waals surface area contributed by atoms with Crippen molar-refractivity contribution in [2.75, 3.05) is 7.11 Å². The summed E-state index contributed by atoms with van der Waals surface area (Å²) >= 11 is 1.45. The van der Waals surface area contributed by atoms with Gasteiger partial charge >= 0.3 is 0 Å². The van der Waals surface area contributed by atoms with Crippen LogP contribution in [0.2, 0.25) is 0 Å². The minimum absolute atomic E-state index is 0.0320. The Bertz CT molecular complexity index is 576. The molecule has 104 valence electrons. The van der Waals surface area contributed by atoms with Gasteiger partial charge in [-0.15, -0.1) is 11.3 Å². The van der Waals surface area contributed by atoms with Gasteiger partial charge in [-0.2, -0.15) is 0 Å². The molecule has 2 aromatic rings. The summed E-state index contributed by atoms with van der Waals surface area (Å²) in [6.07, 6.45) is 2.18. The van der Waals surface area contributed by atoms with Crippen LogP contribution in [0.5, 0.6) is 5.75 Å². The molecule has 1 amide bonds. The summed E-state index contributed by atoms with van der Waals surface area (Å²) in [4.78, 5) is 18.5. The van der Waals surface area contributed by atoms with Crippen LogP contribution in [0.1, 0.15) is 28.9 Å². The van der Waals surface area contributed by atoms with Gasteiger partial charge in [0, 0.05) is 18.0 Å². The van der Waals surface area contributed by atoms with Crippen LogP contribution in [-0.2, 0) is 6.54 Å². The Labute approximate surface area is 122 Å². The van der Waals surface area contributed by atoms with Crippen LogP contribution in [0.25, 0.3) is 0 Å². The minimum Gasteiger partial charge on any atom is -0.497 e. The second-order valence-electron chi connectivity index (χ2n) is 4.89. The Kier molecular flexibility index (Phi) is 3.69. The van der Waals surface area contributed by atoms with Crippen LogP contribution in [0, 0.1) is 0 Å². The molecular weight excluding hydrogens is 272 g/mol. The molecule has 1 aliphatic carbocycles. The number of hydrogen-bond acceptors (Lipinski definition) is 4. The van der Waals surface area contributed by atoms with E-state index >= 15 is 0 Å². The first-order valence-electron chi connectivity index (χ1n) is 6.60. The highest BCUT2D eigenvalue weighted by molar-refractivity contribution is 7.07. The molecule has 0 atom stereocenters. The van der Waals surface area contributed by atoms with Gasteiger partial charge in [0.05, 0.1) is 12.6 Å². The van der Waals surface area contributed by atoms with E-state index in [1.807, 2.05) is 34.5 Å². The summed E-state index contributed by atoms with van der Waals surface area (Å²) in [6.45, 7) is 0.630. The van der Waals surface area contributed by atoms with Crippen molar-refractivity contribution in [1.29, 1.82) is 0 Å². The standard InChI is InChI=1S/C15H16N2O2S/c1-19-13-6-2-11(3-7-13)8-17(12-4-5-12)15(18)14-9-20-10-16-14/h2-3,6-7,9-10,12H,4-5,8H2,1H3. The van der Waals surface area contributed by atoms with E-state index < -0.39 is 0 Å². The van der Waals surface area contributed by atoms with E-state index in [1.165, 1.54) is 11.3 Å². The van der Waals surface area contributed by atoms with Gasteiger partial charge in [-0.1, -0.05) is 12.1 Å². The zero-order chi connectivity index (χ0) is 13.9. The largest absolute Gasteiger partial charge is 0.497 e. The molecule has 4 nitrogen and oxygen atoms in total. The predicted molar refractivity (Wildman–Crippen MR) is 78.0 cm³/mol. The summed E-state index contributed by atoms with van der Waals surface area (Å²) in [6, 6.07) is 8.22. The molecule has 1 aromatic heterocycles. The van der Waals surface area contributed by atoms with Gasteiger partial charge in [0.15, 0.2) is 0 Å². The van der Waals surface area contributed by atoms with Crippen LogP contribution in [-0.4, -0.2) is 28.9 Å². The molecule has 0 unspecified atom stereocenters. The predicted octanol–water partition coefficient (Wildman–Crippen LogP) is 2.96. The smallest absolute Gasteiger partial charge is 0.273 e. The van der Waals surface area contributed by atoms with Crippen molar-refractivity contribution in [3.8, 4) is 5.75 Å². The molecule has 0 spiro atoms. The van der Waals surface area contributed by atoms with Crippen molar-refractivity contribution in [2.45, 2.75) is 25.4 Å². The summed E-state index contributed by atoms with van der Waals surface area (Å²) in [5, 5.41) is 1.81. The maximum atomic E-state index is 12.5. The number of carbonyl (C=O) groups is 1. The number of methoxy groups -OCH3 is 1. The Morgan fingerprint density at radius 1 is 1.40 bits per heavy atom. The Morgan fingerprint density at radius 3 is 2.70 bits per heavy atom. The van der Waals surface area contributed by atoms with Gasteiger partial charge in [-0.25, -0.2) is 4.98 Å². The van der Waals surface area contributed by atoms with E-state index in [4.69, 9.17) is 4.74 Å². The number of nitrogens with zero attached hydrogens (tertiary/aromatic N) is 2. The zero-order valence-electron chi connectivity index (χ0n) is 11.3. The lowest BCUT2D eigenvalue weighted by Crippen LogP contribution is -2.32. The molecule has 0 radical (unpaired) electrons. The van der Waals surface area contributed by atoms with Gasteiger partial charge in [0.25, 0.3) is 5.91 Å². The number of rotatable bonds is 5. The number of carbonyl (C=O) groups excluding carboxylic acids is 1. The molecule has 0 saturated heterocycles. The highest BCUT2D eigenvalue weighted by atomic mass is 32.1. The number of amides is 1. The molecule has 1 aliphatic rings. The number of ether oxygens (including phenoxy) is 1. The van der Waals surface area contributed by atoms with Crippen molar-refractivity contribution in [3.63, 3.8) is 0 Å². The maximum Gasteiger partial charge on any atom is 0.273 e. The van der Waals surface area contributed by atoms with E-state index in [1.54, 1.807) is 12.6 Å². The van der Waals surface area contributed by atoms with E-state index in [9.17, 15) is 4.79 Å². The van der Waals surface area contributed by atoms with Crippen molar-refractivity contribution < 1.29 is 9.53 Å². The SMILES string of the molecule is COc1ccc(CN(C(=O)c2cscn2)C2CC2)cc1. The number of thiazole rings is 1. The van der Waals surface area contributed by atoms with Gasteiger partial charge < -0.3 is 9.64 Å². The monoisotopic (exact) mass is 288 g/mol. The first-order chi connectivity index (χ1) is 9.78. The van der Waals surface area contributed by atoms with Gasteiger partial charge in [-0.05, 0) is 30.5 Å². The average Bonchev–Trinajstić information content (AvgIpc) is 3.18. The fourth-order valence-electron chi connectivity index (χ4n) is 2.15. The normalized spacial score (nSPS) is 14.1. The summed E-state index contributed by atoms with van der Waals surface area (Å²) < 4.78 is 5.15. The third-order valence-electron chi connectivity index (χ3n) is 3.41. The van der Waals surface area contributed by atoms with Gasteiger partial charge in [0.2, 0.25) is 0 Å². The Balaban J connectivity index is 1.75. The lowest BCUT2D eigenvalue weighted by atomic mass is 10.2. The lowest BCUT2D eigenvalue weighted by Gasteiger charge is -2.21. The van der Waals surface area contributed by atoms with Gasteiger partial charge in [0.1, 0.15) is 11.4 Å². The van der Waals surface area contributed by atoms with Crippen molar-refractivity contribution in [1.82, 2.24) is 9.88 Å². The molecule has 1 aromatic carbocycles. The number of benzene rings is 1. The van der Waals surface area contributed by atoms with E-state index in [-0.39, 0.29) is 5.91 Å². The molecule has 1 fully saturated rings. The Hall–Kier alpha value is -1.88. The highest BCUT2D eigenvalue weighted by Crippen LogP contribution is 2.30. The van der Waals surface area contributed by atoms with Gasteiger partial charge in [-0.3, -0.25) is 4.79 Å². The number of hydrogen-bond donors (Lipinski definition) is 0. The summed E-state index contributed by atoms with van der Waals surface area (Å²) in [7, 11) is 1.65.